The molecule has 0 unspecified atom stereocenters. The molecule has 0 atom stereocenters. The summed E-state index contributed by atoms with van der Waals surface area (Å²) in [5, 5.41) is 3.59. The van der Waals surface area contributed by atoms with Gasteiger partial charge in [0.25, 0.3) is 0 Å². The molecule has 0 bridgehead atoms. The highest BCUT2D eigenvalue weighted by Crippen LogP contribution is 2.13. The van der Waals surface area contributed by atoms with Gasteiger partial charge in [0.15, 0.2) is 0 Å². The predicted molar refractivity (Wildman–Crippen MR) is 90.7 cm³/mol. The first-order chi connectivity index (χ1) is 10.6. The SMILES string of the molecule is O=C(CSCc1cccc(F)c1)NCCc1ccc(Cl)cc1. The molecule has 2 nitrogen and oxygen atoms in total. The van der Waals surface area contributed by atoms with Crippen molar-refractivity contribution in [3.63, 3.8) is 0 Å². The van der Waals surface area contributed by atoms with E-state index in [9.17, 15) is 9.18 Å². The highest BCUT2D eigenvalue weighted by molar-refractivity contribution is 7.99. The Bertz CT molecular complexity index is 618. The molecule has 0 fully saturated rings. The number of benzene rings is 2. The second-order valence-electron chi connectivity index (χ2n) is 4.85. The quantitative estimate of drug-likeness (QED) is 0.825. The van der Waals surface area contributed by atoms with E-state index >= 15 is 0 Å². The summed E-state index contributed by atoms with van der Waals surface area (Å²) in [6, 6.07) is 14.0. The van der Waals surface area contributed by atoms with Gasteiger partial charge in [-0.25, -0.2) is 4.39 Å². The molecule has 0 aliphatic heterocycles. The second kappa shape index (κ2) is 8.81. The Morgan fingerprint density at radius 3 is 2.64 bits per heavy atom. The van der Waals surface area contributed by atoms with Crippen LogP contribution >= 0.6 is 23.4 Å². The van der Waals surface area contributed by atoms with E-state index in [-0.39, 0.29) is 11.7 Å². The monoisotopic (exact) mass is 337 g/mol. The molecular weight excluding hydrogens is 321 g/mol. The molecule has 22 heavy (non-hydrogen) atoms. The summed E-state index contributed by atoms with van der Waals surface area (Å²) < 4.78 is 13.0. The molecule has 5 heteroatoms. The van der Waals surface area contributed by atoms with Crippen LogP contribution < -0.4 is 5.32 Å². The zero-order chi connectivity index (χ0) is 15.8. The fourth-order valence-corrected chi connectivity index (χ4v) is 2.87. The number of carbonyl (C=O) groups excluding carboxylic acids is 1. The molecule has 0 aromatic heterocycles. The first-order valence-corrected chi connectivity index (χ1v) is 8.50. The number of hydrogen-bond donors (Lipinski definition) is 1. The van der Waals surface area contributed by atoms with Crippen LogP contribution in [0.15, 0.2) is 48.5 Å². The van der Waals surface area contributed by atoms with E-state index in [1.54, 1.807) is 6.07 Å². The molecule has 2 rings (SSSR count). The van der Waals surface area contributed by atoms with Crippen LogP contribution in [0.2, 0.25) is 5.02 Å². The number of amides is 1. The number of carbonyl (C=O) groups is 1. The molecule has 1 amide bonds. The maximum absolute atomic E-state index is 13.0. The molecule has 0 saturated heterocycles. The van der Waals surface area contributed by atoms with Gasteiger partial charge in [0.05, 0.1) is 5.75 Å². The van der Waals surface area contributed by atoms with Crippen molar-refractivity contribution in [2.24, 2.45) is 0 Å². The van der Waals surface area contributed by atoms with Crippen molar-refractivity contribution in [1.82, 2.24) is 5.32 Å². The largest absolute Gasteiger partial charge is 0.355 e. The van der Waals surface area contributed by atoms with Gasteiger partial charge in [0.1, 0.15) is 5.82 Å². The van der Waals surface area contributed by atoms with Crippen LogP contribution in [0.1, 0.15) is 11.1 Å². The third-order valence-corrected chi connectivity index (χ3v) is 4.30. The number of thioether (sulfide) groups is 1. The maximum atomic E-state index is 13.0. The van der Waals surface area contributed by atoms with Gasteiger partial charge in [-0.05, 0) is 41.8 Å². The Morgan fingerprint density at radius 1 is 1.14 bits per heavy atom. The van der Waals surface area contributed by atoms with E-state index < -0.39 is 0 Å². The van der Waals surface area contributed by atoms with Gasteiger partial charge in [0, 0.05) is 17.3 Å². The van der Waals surface area contributed by atoms with E-state index in [4.69, 9.17) is 11.6 Å². The van der Waals surface area contributed by atoms with Gasteiger partial charge in [-0.15, -0.1) is 11.8 Å². The minimum atomic E-state index is -0.245. The van der Waals surface area contributed by atoms with Gasteiger partial charge >= 0.3 is 0 Å². The molecule has 0 heterocycles. The normalized spacial score (nSPS) is 10.5. The first kappa shape index (κ1) is 16.8. The highest BCUT2D eigenvalue weighted by atomic mass is 35.5. The van der Waals surface area contributed by atoms with E-state index in [0.29, 0.717) is 23.1 Å². The van der Waals surface area contributed by atoms with Crippen molar-refractivity contribution in [1.29, 1.82) is 0 Å². The summed E-state index contributed by atoms with van der Waals surface area (Å²) in [4.78, 5) is 11.7. The number of nitrogens with one attached hydrogen (secondary N) is 1. The molecule has 0 saturated carbocycles. The third kappa shape index (κ3) is 6.08. The lowest BCUT2D eigenvalue weighted by atomic mass is 10.1. The molecule has 0 aliphatic rings. The molecule has 0 aliphatic carbocycles. The topological polar surface area (TPSA) is 29.1 Å². The van der Waals surface area contributed by atoms with Crippen LogP contribution in [0.25, 0.3) is 0 Å². The van der Waals surface area contributed by atoms with Crippen molar-refractivity contribution < 1.29 is 9.18 Å². The van der Waals surface area contributed by atoms with Gasteiger partial charge < -0.3 is 5.32 Å². The van der Waals surface area contributed by atoms with Crippen molar-refractivity contribution in [3.05, 3.63) is 70.5 Å². The van der Waals surface area contributed by atoms with Crippen LogP contribution in [-0.4, -0.2) is 18.2 Å². The highest BCUT2D eigenvalue weighted by Gasteiger charge is 2.02. The van der Waals surface area contributed by atoms with Crippen LogP contribution in [0.5, 0.6) is 0 Å². The number of hydrogen-bond acceptors (Lipinski definition) is 2. The van der Waals surface area contributed by atoms with E-state index in [1.165, 1.54) is 23.9 Å². The summed E-state index contributed by atoms with van der Waals surface area (Å²) in [6.07, 6.45) is 0.775. The molecule has 0 radical (unpaired) electrons. The minimum absolute atomic E-state index is 0.00429. The Balaban J connectivity index is 1.62. The maximum Gasteiger partial charge on any atom is 0.230 e. The Kier molecular flexibility index (Phi) is 6.74. The molecule has 2 aromatic carbocycles. The van der Waals surface area contributed by atoms with Crippen molar-refractivity contribution >= 4 is 29.3 Å². The van der Waals surface area contributed by atoms with E-state index in [2.05, 4.69) is 5.32 Å². The third-order valence-electron chi connectivity index (χ3n) is 3.04. The van der Waals surface area contributed by atoms with Gasteiger partial charge in [-0.1, -0.05) is 35.9 Å². The smallest absolute Gasteiger partial charge is 0.230 e. The predicted octanol–water partition coefficient (Wildman–Crippen LogP) is 4.07. The summed E-state index contributed by atoms with van der Waals surface area (Å²) in [7, 11) is 0. The number of halogens is 2. The lowest BCUT2D eigenvalue weighted by molar-refractivity contribution is -0.118. The Morgan fingerprint density at radius 2 is 1.91 bits per heavy atom. The first-order valence-electron chi connectivity index (χ1n) is 6.97. The molecular formula is C17H17ClFNOS. The fraction of sp³-hybridized carbons (Fsp3) is 0.235. The number of rotatable bonds is 7. The standard InChI is InChI=1S/C17H17ClFNOS/c18-15-6-4-13(5-7-15)8-9-20-17(21)12-22-11-14-2-1-3-16(19)10-14/h1-7,10H,8-9,11-12H2,(H,20,21). The van der Waals surface area contributed by atoms with Crippen molar-refractivity contribution in [2.45, 2.75) is 12.2 Å². The summed E-state index contributed by atoms with van der Waals surface area (Å²) in [5.41, 5.74) is 2.02. The summed E-state index contributed by atoms with van der Waals surface area (Å²) in [5.74, 6) is 0.750. The van der Waals surface area contributed by atoms with Crippen LogP contribution in [0.4, 0.5) is 4.39 Å². The van der Waals surface area contributed by atoms with Gasteiger partial charge in [-0.2, -0.15) is 0 Å². The zero-order valence-corrected chi connectivity index (χ0v) is 13.6. The minimum Gasteiger partial charge on any atom is -0.355 e. The molecule has 0 spiro atoms. The molecule has 1 N–H and O–H groups in total. The van der Waals surface area contributed by atoms with E-state index in [0.717, 1.165) is 17.5 Å². The zero-order valence-electron chi connectivity index (χ0n) is 12.0. The second-order valence-corrected chi connectivity index (χ2v) is 6.27. The lowest BCUT2D eigenvalue weighted by Crippen LogP contribution is -2.27. The fourth-order valence-electron chi connectivity index (χ4n) is 1.94. The molecule has 116 valence electrons. The van der Waals surface area contributed by atoms with Crippen molar-refractivity contribution in [2.75, 3.05) is 12.3 Å². The van der Waals surface area contributed by atoms with Crippen LogP contribution in [0.3, 0.4) is 0 Å². The van der Waals surface area contributed by atoms with Gasteiger partial charge in [0.2, 0.25) is 5.91 Å². The van der Waals surface area contributed by atoms with Crippen LogP contribution in [0, 0.1) is 5.82 Å². The Hall–Kier alpha value is -1.52. The summed E-state index contributed by atoms with van der Waals surface area (Å²) >= 11 is 7.29. The van der Waals surface area contributed by atoms with Crippen LogP contribution in [-0.2, 0) is 17.0 Å². The molecule has 2 aromatic rings. The Labute approximate surface area is 139 Å². The summed E-state index contributed by atoms with van der Waals surface area (Å²) in [6.45, 7) is 0.598. The van der Waals surface area contributed by atoms with Gasteiger partial charge in [-0.3, -0.25) is 4.79 Å². The average molecular weight is 338 g/mol. The van der Waals surface area contributed by atoms with E-state index in [1.807, 2.05) is 30.3 Å². The average Bonchev–Trinajstić information content (AvgIpc) is 2.49. The lowest BCUT2D eigenvalue weighted by Gasteiger charge is -2.06. The van der Waals surface area contributed by atoms with Crippen molar-refractivity contribution in [3.8, 4) is 0 Å².